The van der Waals surface area contributed by atoms with Gasteiger partial charge in [0.05, 0.1) is 23.6 Å². The molecular weight excluding hydrogens is 358 g/mol. The summed E-state index contributed by atoms with van der Waals surface area (Å²) in [6.07, 6.45) is 0.907. The first-order valence-electron chi connectivity index (χ1n) is 9.17. The minimum atomic E-state index is 0.0440. The molecule has 4 nitrogen and oxygen atoms in total. The number of nitrogens with zero attached hydrogens (tertiary/aromatic N) is 2. The molecule has 4 rings (SSSR count). The average molecular weight is 380 g/mol. The number of amides is 1. The molecule has 0 unspecified atom stereocenters. The van der Waals surface area contributed by atoms with Gasteiger partial charge in [-0.3, -0.25) is 9.48 Å². The van der Waals surface area contributed by atoms with Crippen molar-refractivity contribution in [2.45, 2.75) is 32.7 Å². The van der Waals surface area contributed by atoms with E-state index in [1.807, 2.05) is 61.0 Å². The van der Waals surface area contributed by atoms with Crippen molar-refractivity contribution in [2.24, 2.45) is 5.92 Å². The lowest BCUT2D eigenvalue weighted by molar-refractivity contribution is -0.117. The molecule has 0 radical (unpaired) electrons. The van der Waals surface area contributed by atoms with Crippen molar-refractivity contribution in [3.05, 3.63) is 82.1 Å². The summed E-state index contributed by atoms with van der Waals surface area (Å²) in [6, 6.07) is 18.0. The summed E-state index contributed by atoms with van der Waals surface area (Å²) in [5, 5.41) is 8.42. The largest absolute Gasteiger partial charge is 0.323 e. The second-order valence-corrected chi connectivity index (χ2v) is 7.62. The Bertz CT molecular complexity index is 980. The van der Waals surface area contributed by atoms with Gasteiger partial charge in [-0.2, -0.15) is 5.10 Å². The number of anilines is 1. The minimum absolute atomic E-state index is 0.0440. The molecule has 2 aromatic carbocycles. The van der Waals surface area contributed by atoms with Crippen molar-refractivity contribution < 1.29 is 4.79 Å². The zero-order valence-corrected chi connectivity index (χ0v) is 16.2. The van der Waals surface area contributed by atoms with E-state index in [1.54, 1.807) is 0 Å². The fourth-order valence-electron chi connectivity index (χ4n) is 3.61. The highest BCUT2D eigenvalue weighted by Crippen LogP contribution is 2.48. The average Bonchev–Trinajstić information content (AvgIpc) is 3.42. The molecule has 5 heteroatoms. The molecule has 138 valence electrons. The van der Waals surface area contributed by atoms with Crippen LogP contribution in [0.2, 0.25) is 5.02 Å². The number of aryl methyl sites for hydroxylation is 1. The Morgan fingerprint density at radius 1 is 1.19 bits per heavy atom. The molecule has 1 N–H and O–H groups in total. The molecule has 1 aromatic heterocycles. The summed E-state index contributed by atoms with van der Waals surface area (Å²) in [4.78, 5) is 12.7. The van der Waals surface area contributed by atoms with Crippen molar-refractivity contribution in [1.29, 1.82) is 0 Å². The second-order valence-electron chi connectivity index (χ2n) is 7.18. The van der Waals surface area contributed by atoms with Gasteiger partial charge in [0, 0.05) is 10.9 Å². The van der Waals surface area contributed by atoms with Crippen molar-refractivity contribution >= 4 is 23.2 Å². The smallest absolute Gasteiger partial charge is 0.228 e. The highest BCUT2D eigenvalue weighted by molar-refractivity contribution is 6.30. The molecule has 1 aliphatic rings. The van der Waals surface area contributed by atoms with Gasteiger partial charge in [-0.1, -0.05) is 54.1 Å². The first kappa shape index (κ1) is 17.8. The van der Waals surface area contributed by atoms with Gasteiger partial charge >= 0.3 is 0 Å². The van der Waals surface area contributed by atoms with Crippen LogP contribution in [0.4, 0.5) is 5.69 Å². The van der Waals surface area contributed by atoms with Crippen LogP contribution in [0, 0.1) is 19.8 Å². The number of rotatable bonds is 5. The first-order chi connectivity index (χ1) is 13.0. The minimum Gasteiger partial charge on any atom is -0.323 e. The van der Waals surface area contributed by atoms with E-state index < -0.39 is 0 Å². The van der Waals surface area contributed by atoms with E-state index >= 15 is 0 Å². The van der Waals surface area contributed by atoms with Gasteiger partial charge in [-0.15, -0.1) is 0 Å². The Morgan fingerprint density at radius 2 is 1.96 bits per heavy atom. The Balaban J connectivity index is 1.47. The van der Waals surface area contributed by atoms with Gasteiger partial charge in [-0.05, 0) is 49.4 Å². The fourth-order valence-corrected chi connectivity index (χ4v) is 3.82. The maximum Gasteiger partial charge on any atom is 0.228 e. The molecule has 1 aliphatic carbocycles. The van der Waals surface area contributed by atoms with E-state index in [2.05, 4.69) is 22.5 Å². The van der Waals surface area contributed by atoms with Crippen LogP contribution < -0.4 is 5.32 Å². The summed E-state index contributed by atoms with van der Waals surface area (Å²) < 4.78 is 1.91. The number of carbonyl (C=O) groups excluding carboxylic acids is 1. The third-order valence-electron chi connectivity index (χ3n) is 5.21. The molecule has 0 spiro atoms. The molecule has 1 amide bonds. The second kappa shape index (κ2) is 7.20. The molecule has 27 heavy (non-hydrogen) atoms. The quantitative estimate of drug-likeness (QED) is 0.682. The van der Waals surface area contributed by atoms with Crippen LogP contribution in [-0.4, -0.2) is 15.7 Å². The fraction of sp³-hybridized carbons (Fsp3) is 0.273. The highest BCUT2D eigenvalue weighted by atomic mass is 35.5. The van der Waals surface area contributed by atoms with Gasteiger partial charge < -0.3 is 5.32 Å². The molecule has 1 heterocycles. The molecular formula is C22H22ClN3O. The van der Waals surface area contributed by atoms with Crippen molar-refractivity contribution in [3.63, 3.8) is 0 Å². The number of halogens is 1. The number of hydrogen-bond acceptors (Lipinski definition) is 2. The molecule has 1 saturated carbocycles. The molecule has 0 saturated heterocycles. The first-order valence-corrected chi connectivity index (χ1v) is 9.55. The predicted molar refractivity (Wildman–Crippen MR) is 108 cm³/mol. The van der Waals surface area contributed by atoms with E-state index in [1.165, 1.54) is 5.56 Å². The number of nitrogens with one attached hydrogen (secondary N) is 1. The van der Waals surface area contributed by atoms with E-state index in [0.717, 1.165) is 29.1 Å². The third kappa shape index (κ3) is 3.76. The highest BCUT2D eigenvalue weighted by Gasteiger charge is 2.44. The van der Waals surface area contributed by atoms with Crippen LogP contribution in [0.3, 0.4) is 0 Å². The lowest BCUT2D eigenvalue weighted by Crippen LogP contribution is -2.16. The van der Waals surface area contributed by atoms with E-state index in [9.17, 15) is 4.79 Å². The number of carbonyl (C=O) groups is 1. The Labute approximate surface area is 164 Å². The molecule has 0 aliphatic heterocycles. The van der Waals surface area contributed by atoms with Crippen LogP contribution in [0.15, 0.2) is 54.6 Å². The van der Waals surface area contributed by atoms with Gasteiger partial charge in [0.25, 0.3) is 0 Å². The van der Waals surface area contributed by atoms with Crippen LogP contribution in [0.5, 0.6) is 0 Å². The van der Waals surface area contributed by atoms with Crippen molar-refractivity contribution in [3.8, 4) is 0 Å². The zero-order chi connectivity index (χ0) is 19.0. The number of benzene rings is 2. The van der Waals surface area contributed by atoms with Gasteiger partial charge in [-0.25, -0.2) is 0 Å². The molecule has 0 bridgehead atoms. The molecule has 3 aromatic rings. The third-order valence-corrected chi connectivity index (χ3v) is 5.44. The van der Waals surface area contributed by atoms with Crippen molar-refractivity contribution in [1.82, 2.24) is 9.78 Å². The predicted octanol–water partition coefficient (Wildman–Crippen LogP) is 4.94. The van der Waals surface area contributed by atoms with E-state index in [-0.39, 0.29) is 11.8 Å². The topological polar surface area (TPSA) is 46.9 Å². The maximum absolute atomic E-state index is 12.7. The lowest BCUT2D eigenvalue weighted by atomic mass is 10.1. The summed E-state index contributed by atoms with van der Waals surface area (Å²) >= 11 is 6.08. The molecule has 1 fully saturated rings. The lowest BCUT2D eigenvalue weighted by Gasteiger charge is -2.08. The van der Waals surface area contributed by atoms with Crippen LogP contribution in [-0.2, 0) is 11.3 Å². The van der Waals surface area contributed by atoms with Crippen molar-refractivity contribution in [2.75, 3.05) is 5.32 Å². The maximum atomic E-state index is 12.7. The SMILES string of the molecule is Cc1nn(Cc2cccc(Cl)c2)c(C)c1NC(=O)[C@H]1C[C@H]1c1ccccc1. The van der Waals surface area contributed by atoms with Gasteiger partial charge in [0.1, 0.15) is 0 Å². The summed E-state index contributed by atoms with van der Waals surface area (Å²) in [7, 11) is 0. The van der Waals surface area contributed by atoms with Crippen LogP contribution in [0.1, 0.15) is 34.9 Å². The standard InChI is InChI=1S/C22H22ClN3O/c1-14-21(15(2)26(25-14)13-16-7-6-10-18(23)11-16)24-22(27)20-12-19(20)17-8-4-3-5-9-17/h3-11,19-20H,12-13H2,1-2H3,(H,24,27)/t19-,20-/m0/s1. The Hall–Kier alpha value is -2.59. The normalized spacial score (nSPS) is 18.3. The molecule has 2 atom stereocenters. The van der Waals surface area contributed by atoms with E-state index in [0.29, 0.717) is 17.5 Å². The van der Waals surface area contributed by atoms with Gasteiger partial charge in [0.2, 0.25) is 5.91 Å². The van der Waals surface area contributed by atoms with Crippen LogP contribution >= 0.6 is 11.6 Å². The van der Waals surface area contributed by atoms with Crippen LogP contribution in [0.25, 0.3) is 0 Å². The zero-order valence-electron chi connectivity index (χ0n) is 15.4. The summed E-state index contributed by atoms with van der Waals surface area (Å²) in [6.45, 7) is 4.54. The summed E-state index contributed by atoms with van der Waals surface area (Å²) in [5.41, 5.74) is 4.93. The Morgan fingerprint density at radius 3 is 2.70 bits per heavy atom. The monoisotopic (exact) mass is 379 g/mol. The Kier molecular flexibility index (Phi) is 4.75. The number of aromatic nitrogens is 2. The van der Waals surface area contributed by atoms with E-state index in [4.69, 9.17) is 11.6 Å². The van der Waals surface area contributed by atoms with Gasteiger partial charge in [0.15, 0.2) is 0 Å². The number of hydrogen-bond donors (Lipinski definition) is 1. The summed E-state index contributed by atoms with van der Waals surface area (Å²) in [5.74, 6) is 0.452.